The number of carbonyl (C=O) groups is 1. The first-order chi connectivity index (χ1) is 14.0. The minimum absolute atomic E-state index is 0.0693. The molecule has 2 aliphatic rings. The van der Waals surface area contributed by atoms with Crippen molar-refractivity contribution in [1.82, 2.24) is 30.1 Å². The lowest BCUT2D eigenvalue weighted by Gasteiger charge is -2.34. The number of aryl methyl sites for hydroxylation is 1. The lowest BCUT2D eigenvalue weighted by molar-refractivity contribution is -0.0844. The Kier molecular flexibility index (Phi) is 5.89. The molecule has 4 rings (SSSR count). The van der Waals surface area contributed by atoms with E-state index in [4.69, 9.17) is 4.74 Å². The molecule has 29 heavy (non-hydrogen) atoms. The number of ether oxygens (including phenoxy) is 1. The molecule has 2 aromatic rings. The van der Waals surface area contributed by atoms with Crippen LogP contribution >= 0.6 is 11.3 Å². The number of rotatable bonds is 6. The van der Waals surface area contributed by atoms with Crippen molar-refractivity contribution in [3.63, 3.8) is 0 Å². The van der Waals surface area contributed by atoms with Crippen molar-refractivity contribution in [2.75, 3.05) is 26.2 Å². The number of hydrogen-bond acceptors (Lipinski definition) is 6. The van der Waals surface area contributed by atoms with Gasteiger partial charge in [-0.25, -0.2) is 9.48 Å². The smallest absolute Gasteiger partial charge is 0.317 e. The van der Waals surface area contributed by atoms with Gasteiger partial charge in [0, 0.05) is 42.5 Å². The third-order valence-electron chi connectivity index (χ3n) is 5.90. The number of carbonyl (C=O) groups excluding carboxylic acids is 1. The first-order valence-electron chi connectivity index (χ1n) is 10.4. The normalized spacial score (nSPS) is 21.5. The molecule has 1 spiro atoms. The second-order valence-electron chi connectivity index (χ2n) is 7.92. The number of aromatic nitrogens is 3. The highest BCUT2D eigenvalue weighted by molar-refractivity contribution is 7.11. The van der Waals surface area contributed by atoms with Gasteiger partial charge in [0.25, 0.3) is 0 Å². The fourth-order valence-corrected chi connectivity index (χ4v) is 5.15. The Morgan fingerprint density at radius 2 is 2.17 bits per heavy atom. The molecule has 1 N–H and O–H groups in total. The van der Waals surface area contributed by atoms with Crippen molar-refractivity contribution < 1.29 is 9.53 Å². The molecule has 0 aromatic carbocycles. The number of urea groups is 1. The van der Waals surface area contributed by atoms with Crippen molar-refractivity contribution in [1.29, 1.82) is 0 Å². The molecule has 0 radical (unpaired) electrons. The summed E-state index contributed by atoms with van der Waals surface area (Å²) < 4.78 is 8.33. The summed E-state index contributed by atoms with van der Waals surface area (Å²) in [7, 11) is 0. The molecule has 0 saturated carbocycles. The minimum atomic E-state index is -0.186. The van der Waals surface area contributed by atoms with Gasteiger partial charge in [0.1, 0.15) is 11.3 Å². The molecule has 1 fully saturated rings. The third-order valence-corrected chi connectivity index (χ3v) is 6.89. The standard InChI is InChI=1S/C20H30N6O2S/c1-4-25(5-2)19(27)21-10-17-18-12-28-20(14-26(18)23-22-17)8-9-24(13-20)11-16-7-6-15(3)29-16/h6-7H,4-5,8-14H2,1-3H3,(H,21,27). The van der Waals surface area contributed by atoms with Gasteiger partial charge in [-0.15, -0.1) is 16.4 Å². The van der Waals surface area contributed by atoms with E-state index < -0.39 is 0 Å². The molecule has 1 saturated heterocycles. The SMILES string of the molecule is CCN(CC)C(=O)NCc1nnn2c1COC1(CCN(Cc3ccc(C)s3)C1)C2. The molecular formula is C20H30N6O2S. The van der Waals surface area contributed by atoms with Crippen molar-refractivity contribution in [3.8, 4) is 0 Å². The monoisotopic (exact) mass is 418 g/mol. The Morgan fingerprint density at radius 1 is 1.34 bits per heavy atom. The number of likely N-dealkylation sites (tertiary alicyclic amines) is 1. The predicted molar refractivity (Wildman–Crippen MR) is 112 cm³/mol. The van der Waals surface area contributed by atoms with E-state index in [2.05, 4.69) is 39.6 Å². The number of nitrogens with zero attached hydrogens (tertiary/aromatic N) is 5. The second kappa shape index (κ2) is 8.41. The lowest BCUT2D eigenvalue weighted by Crippen LogP contribution is -2.44. The van der Waals surface area contributed by atoms with Gasteiger partial charge in [-0.2, -0.15) is 0 Å². The van der Waals surface area contributed by atoms with Crippen LogP contribution in [0.4, 0.5) is 4.79 Å². The van der Waals surface area contributed by atoms with Crippen LogP contribution < -0.4 is 5.32 Å². The van der Waals surface area contributed by atoms with Crippen molar-refractivity contribution in [2.45, 2.75) is 59.0 Å². The minimum Gasteiger partial charge on any atom is -0.365 e. The van der Waals surface area contributed by atoms with Crippen molar-refractivity contribution >= 4 is 17.4 Å². The average molecular weight is 419 g/mol. The summed E-state index contributed by atoms with van der Waals surface area (Å²) in [5, 5.41) is 11.6. The van der Waals surface area contributed by atoms with Crippen LogP contribution in [0.3, 0.4) is 0 Å². The molecule has 9 heteroatoms. The molecule has 158 valence electrons. The number of amides is 2. The van der Waals surface area contributed by atoms with Crippen LogP contribution in [-0.4, -0.2) is 62.6 Å². The Labute approximate surface area is 175 Å². The molecule has 2 aromatic heterocycles. The Bertz CT molecular complexity index is 861. The predicted octanol–water partition coefficient (Wildman–Crippen LogP) is 2.37. The number of hydrogen-bond donors (Lipinski definition) is 1. The fourth-order valence-electron chi connectivity index (χ4n) is 4.21. The molecule has 4 heterocycles. The first-order valence-corrected chi connectivity index (χ1v) is 11.2. The lowest BCUT2D eigenvalue weighted by atomic mass is 10.0. The average Bonchev–Trinajstić information content (AvgIpc) is 3.41. The third kappa shape index (κ3) is 4.31. The molecule has 0 aliphatic carbocycles. The molecule has 1 atom stereocenters. The van der Waals surface area contributed by atoms with Gasteiger partial charge >= 0.3 is 6.03 Å². The molecule has 2 amide bonds. The summed E-state index contributed by atoms with van der Waals surface area (Å²) in [5.41, 5.74) is 1.58. The zero-order chi connectivity index (χ0) is 20.4. The van der Waals surface area contributed by atoms with Crippen LogP contribution in [0.15, 0.2) is 12.1 Å². The number of fused-ring (bicyclic) bond motifs is 1. The van der Waals surface area contributed by atoms with E-state index in [9.17, 15) is 4.79 Å². The van der Waals surface area contributed by atoms with E-state index in [1.807, 2.05) is 29.9 Å². The van der Waals surface area contributed by atoms with Gasteiger partial charge in [-0.05, 0) is 39.3 Å². The summed E-state index contributed by atoms with van der Waals surface area (Å²) >= 11 is 1.87. The summed E-state index contributed by atoms with van der Waals surface area (Å²) in [6, 6.07) is 4.34. The van der Waals surface area contributed by atoms with Crippen LogP contribution in [0.2, 0.25) is 0 Å². The van der Waals surface area contributed by atoms with Crippen LogP contribution in [0.25, 0.3) is 0 Å². The first kappa shape index (κ1) is 20.3. The maximum Gasteiger partial charge on any atom is 0.317 e. The highest BCUT2D eigenvalue weighted by Crippen LogP contribution is 2.33. The van der Waals surface area contributed by atoms with Crippen LogP contribution in [0, 0.1) is 6.92 Å². The zero-order valence-electron chi connectivity index (χ0n) is 17.5. The maximum atomic E-state index is 12.2. The van der Waals surface area contributed by atoms with Gasteiger partial charge in [-0.3, -0.25) is 4.90 Å². The summed E-state index contributed by atoms with van der Waals surface area (Å²) in [6.07, 6.45) is 1.00. The Balaban J connectivity index is 1.36. The highest BCUT2D eigenvalue weighted by Gasteiger charge is 2.43. The summed E-state index contributed by atoms with van der Waals surface area (Å²) in [6.45, 7) is 12.0. The van der Waals surface area contributed by atoms with E-state index in [0.717, 1.165) is 44.0 Å². The molecule has 2 aliphatic heterocycles. The second-order valence-corrected chi connectivity index (χ2v) is 9.29. The van der Waals surface area contributed by atoms with Crippen molar-refractivity contribution in [3.05, 3.63) is 33.3 Å². The van der Waals surface area contributed by atoms with Crippen LogP contribution in [-0.2, 0) is 31.0 Å². The Hall–Kier alpha value is -1.97. The van der Waals surface area contributed by atoms with E-state index >= 15 is 0 Å². The largest absolute Gasteiger partial charge is 0.365 e. The van der Waals surface area contributed by atoms with Crippen molar-refractivity contribution in [2.24, 2.45) is 0 Å². The van der Waals surface area contributed by atoms with E-state index in [0.29, 0.717) is 26.2 Å². The molecule has 0 bridgehead atoms. The zero-order valence-corrected chi connectivity index (χ0v) is 18.3. The molecule has 8 nitrogen and oxygen atoms in total. The van der Waals surface area contributed by atoms with Gasteiger partial charge in [0.05, 0.1) is 25.4 Å². The maximum absolute atomic E-state index is 12.2. The molecular weight excluding hydrogens is 388 g/mol. The highest BCUT2D eigenvalue weighted by atomic mass is 32.1. The quantitative estimate of drug-likeness (QED) is 0.780. The van der Waals surface area contributed by atoms with Gasteiger partial charge < -0.3 is 15.0 Å². The number of nitrogens with one attached hydrogen (secondary N) is 1. The van der Waals surface area contributed by atoms with Gasteiger partial charge in [-0.1, -0.05) is 5.21 Å². The topological polar surface area (TPSA) is 75.5 Å². The summed E-state index contributed by atoms with van der Waals surface area (Å²) in [4.78, 5) is 19.2. The van der Waals surface area contributed by atoms with E-state index in [-0.39, 0.29) is 11.6 Å². The number of thiophene rings is 1. The Morgan fingerprint density at radius 3 is 2.90 bits per heavy atom. The van der Waals surface area contributed by atoms with Gasteiger partial charge in [0.2, 0.25) is 0 Å². The molecule has 1 unspecified atom stereocenters. The summed E-state index contributed by atoms with van der Waals surface area (Å²) in [5.74, 6) is 0. The van der Waals surface area contributed by atoms with E-state index in [1.165, 1.54) is 9.75 Å². The van der Waals surface area contributed by atoms with Gasteiger partial charge in [0.15, 0.2) is 0 Å². The van der Waals surface area contributed by atoms with E-state index in [1.54, 1.807) is 4.90 Å². The van der Waals surface area contributed by atoms with Crippen LogP contribution in [0.1, 0.15) is 41.4 Å². The van der Waals surface area contributed by atoms with Crippen LogP contribution in [0.5, 0.6) is 0 Å². The fraction of sp³-hybridized carbons (Fsp3) is 0.650.